The van der Waals surface area contributed by atoms with E-state index in [0.29, 0.717) is 32.0 Å². The van der Waals surface area contributed by atoms with Crippen LogP contribution in [0.5, 0.6) is 0 Å². The number of esters is 1. The van der Waals surface area contributed by atoms with Crippen molar-refractivity contribution >= 4 is 33.7 Å². The quantitative estimate of drug-likeness (QED) is 0.520. The number of carbonyl (C=O) groups is 1. The number of carbonyl (C=O) groups excluding carboxylic acids is 1. The van der Waals surface area contributed by atoms with Gasteiger partial charge in [0.25, 0.3) is 5.56 Å². The van der Waals surface area contributed by atoms with Crippen molar-refractivity contribution in [3.05, 3.63) is 62.3 Å². The van der Waals surface area contributed by atoms with E-state index in [1.54, 1.807) is 32.9 Å². The second kappa shape index (κ2) is 7.17. The third-order valence-corrected chi connectivity index (χ3v) is 4.92. The zero-order chi connectivity index (χ0) is 18.8. The lowest BCUT2D eigenvalue weighted by Crippen LogP contribution is -2.20. The van der Waals surface area contributed by atoms with Crippen molar-refractivity contribution in [1.82, 2.24) is 9.66 Å². The minimum atomic E-state index is -0.466. The van der Waals surface area contributed by atoms with Crippen LogP contribution in [0.3, 0.4) is 0 Å². The van der Waals surface area contributed by atoms with Gasteiger partial charge in [0.05, 0.1) is 18.2 Å². The van der Waals surface area contributed by atoms with Crippen molar-refractivity contribution in [3.8, 4) is 0 Å². The molecule has 0 N–H and O–H groups in total. The van der Waals surface area contributed by atoms with Gasteiger partial charge >= 0.3 is 5.97 Å². The minimum absolute atomic E-state index is 0.255. The Morgan fingerprint density at radius 1 is 1.35 bits per heavy atom. The molecule has 0 amide bonds. The first-order chi connectivity index (χ1) is 12.4. The molecule has 0 atom stereocenters. The summed E-state index contributed by atoms with van der Waals surface area (Å²) in [6.07, 6.45) is 1.45. The highest BCUT2D eigenvalue weighted by Gasteiger charge is 2.21. The van der Waals surface area contributed by atoms with Gasteiger partial charge in [0, 0.05) is 0 Å². The second-order valence-corrected chi connectivity index (χ2v) is 6.53. The Morgan fingerprint density at radius 2 is 2.04 bits per heavy atom. The fourth-order valence-electron chi connectivity index (χ4n) is 2.48. The van der Waals surface area contributed by atoms with E-state index >= 15 is 0 Å². The van der Waals surface area contributed by atoms with Gasteiger partial charge in [0.1, 0.15) is 21.3 Å². The maximum Gasteiger partial charge on any atom is 0.348 e. The molecule has 0 unspecified atom stereocenters. The first-order valence-corrected chi connectivity index (χ1v) is 8.73. The van der Waals surface area contributed by atoms with Gasteiger partial charge in [0.15, 0.2) is 0 Å². The molecule has 3 aromatic rings. The molecule has 6 nitrogen and oxygen atoms in total. The molecule has 134 valence electrons. The summed E-state index contributed by atoms with van der Waals surface area (Å²) in [5.41, 5.74) is 0.814. The molecule has 0 aliphatic heterocycles. The molecule has 0 saturated carbocycles. The number of ether oxygens (including phenoxy) is 1. The van der Waals surface area contributed by atoms with E-state index in [-0.39, 0.29) is 18.0 Å². The second-order valence-electron chi connectivity index (χ2n) is 5.53. The Kier molecular flexibility index (Phi) is 4.94. The van der Waals surface area contributed by atoms with Crippen molar-refractivity contribution in [3.63, 3.8) is 0 Å². The number of rotatable bonds is 4. The Bertz CT molecular complexity index is 1070. The normalized spacial score (nSPS) is 11.4. The summed E-state index contributed by atoms with van der Waals surface area (Å²) in [5.74, 6) is -0.428. The van der Waals surface area contributed by atoms with Crippen LogP contribution in [0.25, 0.3) is 10.2 Å². The first kappa shape index (κ1) is 17.9. The molecule has 1 aromatic carbocycles. The van der Waals surface area contributed by atoms with Crippen LogP contribution in [0.15, 0.2) is 34.2 Å². The van der Waals surface area contributed by atoms with Crippen LogP contribution in [-0.4, -0.2) is 28.5 Å². The lowest BCUT2D eigenvalue weighted by Gasteiger charge is -2.03. The monoisotopic (exact) mass is 373 g/mol. The number of hydrogen-bond acceptors (Lipinski definition) is 6. The SMILES string of the molecule is CCOC(=O)c1sc2nc(C)n(/N=C/c3ccc(F)cc3)c(=O)c2c1C. The van der Waals surface area contributed by atoms with E-state index in [1.807, 2.05) is 0 Å². The molecular formula is C18H16FN3O3S. The summed E-state index contributed by atoms with van der Waals surface area (Å²) in [6, 6.07) is 5.74. The van der Waals surface area contributed by atoms with Crippen LogP contribution in [0.2, 0.25) is 0 Å². The Hall–Kier alpha value is -2.87. The number of hydrogen-bond donors (Lipinski definition) is 0. The van der Waals surface area contributed by atoms with Gasteiger partial charge in [-0.1, -0.05) is 12.1 Å². The summed E-state index contributed by atoms with van der Waals surface area (Å²) in [4.78, 5) is 30.1. The van der Waals surface area contributed by atoms with Crippen molar-refractivity contribution in [2.75, 3.05) is 6.61 Å². The number of aryl methyl sites for hydroxylation is 2. The molecule has 0 aliphatic rings. The van der Waals surface area contributed by atoms with Gasteiger partial charge in [-0.25, -0.2) is 14.2 Å². The standard InChI is InChI=1S/C18H16FN3O3S/c1-4-25-18(24)15-10(2)14-16(26-15)21-11(3)22(17(14)23)20-9-12-5-7-13(19)8-6-12/h5-9H,4H2,1-3H3/b20-9+. The van der Waals surface area contributed by atoms with Crippen LogP contribution in [0.1, 0.15) is 33.5 Å². The third kappa shape index (κ3) is 3.28. The molecule has 3 rings (SSSR count). The molecule has 2 heterocycles. The van der Waals surface area contributed by atoms with Crippen LogP contribution in [0, 0.1) is 19.7 Å². The molecule has 0 spiro atoms. The van der Waals surface area contributed by atoms with Crippen LogP contribution >= 0.6 is 11.3 Å². The largest absolute Gasteiger partial charge is 0.462 e. The molecule has 0 aliphatic carbocycles. The van der Waals surface area contributed by atoms with E-state index in [4.69, 9.17) is 4.74 Å². The summed E-state index contributed by atoms with van der Waals surface area (Å²) in [5, 5.41) is 4.52. The predicted octanol–water partition coefficient (Wildman–Crippen LogP) is 3.27. The van der Waals surface area contributed by atoms with Gasteiger partial charge < -0.3 is 4.74 Å². The van der Waals surface area contributed by atoms with Crippen molar-refractivity contribution in [2.45, 2.75) is 20.8 Å². The molecule has 26 heavy (non-hydrogen) atoms. The minimum Gasteiger partial charge on any atom is -0.462 e. The number of thiophene rings is 1. The molecular weight excluding hydrogens is 357 g/mol. The Labute approximate surface area is 152 Å². The number of halogens is 1. The fourth-order valence-corrected chi connectivity index (χ4v) is 3.59. The molecule has 8 heteroatoms. The third-order valence-electron chi connectivity index (χ3n) is 3.76. The fraction of sp³-hybridized carbons (Fsp3) is 0.222. The maximum atomic E-state index is 13.0. The lowest BCUT2D eigenvalue weighted by atomic mass is 10.2. The van der Waals surface area contributed by atoms with Crippen molar-refractivity contribution in [2.24, 2.45) is 5.10 Å². The van der Waals surface area contributed by atoms with Gasteiger partial charge in [0.2, 0.25) is 0 Å². The van der Waals surface area contributed by atoms with Crippen LogP contribution < -0.4 is 5.56 Å². The zero-order valence-corrected chi connectivity index (χ0v) is 15.3. The molecule has 0 saturated heterocycles. The zero-order valence-electron chi connectivity index (χ0n) is 14.4. The molecule has 2 aromatic heterocycles. The number of aromatic nitrogens is 2. The highest BCUT2D eigenvalue weighted by Crippen LogP contribution is 2.28. The predicted molar refractivity (Wildman–Crippen MR) is 98.7 cm³/mol. The number of nitrogens with zero attached hydrogens (tertiary/aromatic N) is 3. The first-order valence-electron chi connectivity index (χ1n) is 7.92. The lowest BCUT2D eigenvalue weighted by molar-refractivity contribution is 0.0531. The van der Waals surface area contributed by atoms with Gasteiger partial charge in [-0.15, -0.1) is 11.3 Å². The van der Waals surface area contributed by atoms with Gasteiger partial charge in [-0.2, -0.15) is 9.78 Å². The van der Waals surface area contributed by atoms with E-state index in [9.17, 15) is 14.0 Å². The number of benzene rings is 1. The highest BCUT2D eigenvalue weighted by molar-refractivity contribution is 7.20. The number of fused-ring (bicyclic) bond motifs is 1. The Balaban J connectivity index is 2.09. The highest BCUT2D eigenvalue weighted by atomic mass is 32.1. The summed E-state index contributed by atoms with van der Waals surface area (Å²) >= 11 is 1.13. The van der Waals surface area contributed by atoms with Gasteiger partial charge in [-0.05, 0) is 44.0 Å². The molecule has 0 radical (unpaired) electrons. The van der Waals surface area contributed by atoms with E-state index in [1.165, 1.54) is 23.0 Å². The van der Waals surface area contributed by atoms with E-state index < -0.39 is 5.97 Å². The van der Waals surface area contributed by atoms with Crippen molar-refractivity contribution in [1.29, 1.82) is 0 Å². The topological polar surface area (TPSA) is 73.5 Å². The van der Waals surface area contributed by atoms with E-state index in [2.05, 4.69) is 10.1 Å². The summed E-state index contributed by atoms with van der Waals surface area (Å²) < 4.78 is 19.2. The average molecular weight is 373 g/mol. The molecule has 0 fully saturated rings. The summed E-state index contributed by atoms with van der Waals surface area (Å²) in [7, 11) is 0. The average Bonchev–Trinajstić information content (AvgIpc) is 2.93. The van der Waals surface area contributed by atoms with E-state index in [0.717, 1.165) is 11.3 Å². The Morgan fingerprint density at radius 3 is 2.69 bits per heavy atom. The smallest absolute Gasteiger partial charge is 0.348 e. The van der Waals surface area contributed by atoms with Crippen LogP contribution in [-0.2, 0) is 4.74 Å². The maximum absolute atomic E-state index is 13.0. The van der Waals surface area contributed by atoms with Crippen LogP contribution in [0.4, 0.5) is 4.39 Å². The summed E-state index contributed by atoms with van der Waals surface area (Å²) in [6.45, 7) is 5.32. The van der Waals surface area contributed by atoms with Gasteiger partial charge in [-0.3, -0.25) is 4.79 Å². The van der Waals surface area contributed by atoms with Crippen molar-refractivity contribution < 1.29 is 13.9 Å². The molecule has 0 bridgehead atoms.